The highest BCUT2D eigenvalue weighted by atomic mass is 16.2. The maximum absolute atomic E-state index is 11.9. The number of rotatable bonds is 3. The van der Waals surface area contributed by atoms with Crippen LogP contribution < -0.4 is 10.6 Å². The number of carbonyl (C=O) groups excluding carboxylic acids is 1. The molecule has 0 spiro atoms. The summed E-state index contributed by atoms with van der Waals surface area (Å²) >= 11 is 0. The largest absolute Gasteiger partial charge is 0.326 e. The molecule has 2 aromatic heterocycles. The normalized spacial score (nSPS) is 10.5. The van der Waals surface area contributed by atoms with Gasteiger partial charge in [-0.3, -0.25) is 20.4 Å². The van der Waals surface area contributed by atoms with Gasteiger partial charge in [-0.05, 0) is 20.3 Å². The van der Waals surface area contributed by atoms with Crippen LogP contribution in [0.3, 0.4) is 0 Å². The lowest BCUT2D eigenvalue weighted by Gasteiger charge is -2.06. The summed E-state index contributed by atoms with van der Waals surface area (Å²) in [7, 11) is 1.78. The Morgan fingerprint density at radius 1 is 1.42 bits per heavy atom. The Hall–Kier alpha value is -2.31. The summed E-state index contributed by atoms with van der Waals surface area (Å²) in [5.41, 5.74) is 2.83. The van der Waals surface area contributed by atoms with Crippen LogP contribution in [0, 0.1) is 13.8 Å². The molecule has 7 nitrogen and oxygen atoms in total. The Morgan fingerprint density at radius 2 is 2.16 bits per heavy atom. The highest BCUT2D eigenvalue weighted by Crippen LogP contribution is 2.16. The smallest absolute Gasteiger partial charge is 0.292 e. The van der Waals surface area contributed by atoms with Crippen molar-refractivity contribution in [1.82, 2.24) is 20.0 Å². The number of nitrogens with one attached hydrogen (secondary N) is 3. The van der Waals surface area contributed by atoms with Crippen molar-refractivity contribution < 1.29 is 4.79 Å². The summed E-state index contributed by atoms with van der Waals surface area (Å²) in [6.45, 7) is 5.82. The summed E-state index contributed by atoms with van der Waals surface area (Å²) in [4.78, 5) is 11.9. The van der Waals surface area contributed by atoms with Gasteiger partial charge in [0.1, 0.15) is 5.82 Å². The zero-order valence-corrected chi connectivity index (χ0v) is 11.5. The molecule has 2 amide bonds. The van der Waals surface area contributed by atoms with E-state index in [1.165, 1.54) is 0 Å². The number of hydrogen-bond donors (Lipinski definition) is 3. The molecule has 0 bridgehead atoms. The molecule has 0 aliphatic rings. The quantitative estimate of drug-likeness (QED) is 0.790. The van der Waals surface area contributed by atoms with Crippen molar-refractivity contribution in [3.63, 3.8) is 0 Å². The predicted octanol–water partition coefficient (Wildman–Crippen LogP) is 1.97. The van der Waals surface area contributed by atoms with Crippen LogP contribution in [0.5, 0.6) is 0 Å². The van der Waals surface area contributed by atoms with Gasteiger partial charge in [-0.2, -0.15) is 10.2 Å². The summed E-state index contributed by atoms with van der Waals surface area (Å²) in [5, 5.41) is 16.6. The van der Waals surface area contributed by atoms with Crippen LogP contribution in [-0.4, -0.2) is 26.0 Å². The number of amides is 2. The van der Waals surface area contributed by atoms with Gasteiger partial charge in [0.05, 0.1) is 5.69 Å². The van der Waals surface area contributed by atoms with Crippen molar-refractivity contribution in [2.24, 2.45) is 7.05 Å². The summed E-state index contributed by atoms with van der Waals surface area (Å²) in [5.74, 6) is 1.19. The molecule has 0 saturated carbocycles. The lowest BCUT2D eigenvalue weighted by molar-refractivity contribution is 0.262. The fraction of sp³-hybridized carbons (Fsp3) is 0.417. The van der Waals surface area contributed by atoms with E-state index < -0.39 is 0 Å². The van der Waals surface area contributed by atoms with Gasteiger partial charge < -0.3 is 0 Å². The minimum atomic E-state index is -0.333. The first-order valence-electron chi connectivity index (χ1n) is 6.13. The first-order chi connectivity index (χ1) is 9.01. The summed E-state index contributed by atoms with van der Waals surface area (Å²) in [6.07, 6.45) is 0.850. The van der Waals surface area contributed by atoms with Crippen LogP contribution in [0.1, 0.15) is 23.9 Å². The van der Waals surface area contributed by atoms with E-state index in [-0.39, 0.29) is 6.03 Å². The molecule has 102 valence electrons. The fourth-order valence-electron chi connectivity index (χ4n) is 1.88. The van der Waals surface area contributed by atoms with Crippen molar-refractivity contribution in [2.75, 3.05) is 10.6 Å². The summed E-state index contributed by atoms with van der Waals surface area (Å²) in [6, 6.07) is 1.47. The number of anilines is 2. The molecule has 0 atom stereocenters. The molecule has 0 aliphatic heterocycles. The zero-order valence-electron chi connectivity index (χ0n) is 11.5. The Morgan fingerprint density at radius 3 is 2.68 bits per heavy atom. The van der Waals surface area contributed by atoms with E-state index in [9.17, 15) is 4.79 Å². The van der Waals surface area contributed by atoms with Gasteiger partial charge in [0, 0.05) is 24.4 Å². The Bertz CT molecular complexity index is 597. The lowest BCUT2D eigenvalue weighted by Crippen LogP contribution is -2.21. The van der Waals surface area contributed by atoms with Gasteiger partial charge in [0.2, 0.25) is 0 Å². The molecule has 3 N–H and O–H groups in total. The maximum atomic E-state index is 11.9. The Balaban J connectivity index is 2.05. The van der Waals surface area contributed by atoms with Gasteiger partial charge >= 0.3 is 6.03 Å². The van der Waals surface area contributed by atoms with Crippen LogP contribution in [0.15, 0.2) is 6.07 Å². The zero-order chi connectivity index (χ0) is 14.0. The second-order valence-corrected chi connectivity index (χ2v) is 4.40. The standard InChI is InChI=1S/C12H18N6O/c1-5-9-8(3)11(16-15-9)14-12(19)13-10-6-7(2)17-18(10)4/h6H,5H2,1-4H3,(H3,13,14,15,16,19). The van der Waals surface area contributed by atoms with Gasteiger partial charge in [-0.15, -0.1) is 0 Å². The molecule has 0 aromatic carbocycles. The monoisotopic (exact) mass is 262 g/mol. The maximum Gasteiger partial charge on any atom is 0.326 e. The van der Waals surface area contributed by atoms with Crippen molar-refractivity contribution >= 4 is 17.7 Å². The van der Waals surface area contributed by atoms with E-state index in [2.05, 4.69) is 25.9 Å². The van der Waals surface area contributed by atoms with Crippen LogP contribution in [0.4, 0.5) is 16.4 Å². The van der Waals surface area contributed by atoms with Gasteiger partial charge in [0.15, 0.2) is 5.82 Å². The van der Waals surface area contributed by atoms with E-state index in [0.29, 0.717) is 11.6 Å². The first kappa shape index (κ1) is 13.1. The van der Waals surface area contributed by atoms with Crippen LogP contribution >= 0.6 is 0 Å². The van der Waals surface area contributed by atoms with E-state index in [4.69, 9.17) is 0 Å². The van der Waals surface area contributed by atoms with E-state index in [1.807, 2.05) is 20.8 Å². The Kier molecular flexibility index (Phi) is 3.55. The second kappa shape index (κ2) is 5.13. The number of hydrogen-bond acceptors (Lipinski definition) is 3. The molecule has 0 saturated heterocycles. The van der Waals surface area contributed by atoms with Gasteiger partial charge in [0.25, 0.3) is 0 Å². The minimum Gasteiger partial charge on any atom is -0.292 e. The molecule has 0 radical (unpaired) electrons. The van der Waals surface area contributed by atoms with Crippen molar-refractivity contribution in [2.45, 2.75) is 27.2 Å². The number of H-pyrrole nitrogens is 1. The fourth-order valence-corrected chi connectivity index (χ4v) is 1.88. The molecule has 19 heavy (non-hydrogen) atoms. The van der Waals surface area contributed by atoms with Gasteiger partial charge in [-0.1, -0.05) is 6.92 Å². The molecule has 2 heterocycles. The molecule has 0 fully saturated rings. The van der Waals surface area contributed by atoms with Crippen LogP contribution in [-0.2, 0) is 13.5 Å². The summed E-state index contributed by atoms with van der Waals surface area (Å²) < 4.78 is 1.61. The molecule has 2 rings (SSSR count). The number of aryl methyl sites for hydroxylation is 3. The van der Waals surface area contributed by atoms with Crippen LogP contribution in [0.2, 0.25) is 0 Å². The van der Waals surface area contributed by atoms with Gasteiger partial charge in [-0.25, -0.2) is 4.79 Å². The number of aromatic nitrogens is 4. The van der Waals surface area contributed by atoms with Crippen molar-refractivity contribution in [3.8, 4) is 0 Å². The van der Waals surface area contributed by atoms with Crippen molar-refractivity contribution in [3.05, 3.63) is 23.0 Å². The third-order valence-corrected chi connectivity index (χ3v) is 2.94. The number of aromatic amines is 1. The van der Waals surface area contributed by atoms with E-state index in [1.54, 1.807) is 17.8 Å². The SMILES string of the molecule is CCc1[nH]nc(NC(=O)Nc2cc(C)nn2C)c1C. The topological polar surface area (TPSA) is 87.6 Å². The van der Waals surface area contributed by atoms with Crippen molar-refractivity contribution in [1.29, 1.82) is 0 Å². The second-order valence-electron chi connectivity index (χ2n) is 4.40. The van der Waals surface area contributed by atoms with Crippen LogP contribution in [0.25, 0.3) is 0 Å². The minimum absolute atomic E-state index is 0.333. The molecular formula is C12H18N6O. The number of carbonyl (C=O) groups is 1. The average molecular weight is 262 g/mol. The molecule has 0 aliphatic carbocycles. The predicted molar refractivity (Wildman–Crippen MR) is 73.3 cm³/mol. The molecule has 0 unspecified atom stereocenters. The molecular weight excluding hydrogens is 244 g/mol. The third-order valence-electron chi connectivity index (χ3n) is 2.94. The first-order valence-corrected chi connectivity index (χ1v) is 6.13. The Labute approximate surface area is 111 Å². The van der Waals surface area contributed by atoms with E-state index in [0.717, 1.165) is 23.4 Å². The number of urea groups is 1. The lowest BCUT2D eigenvalue weighted by atomic mass is 10.2. The highest BCUT2D eigenvalue weighted by Gasteiger charge is 2.12. The molecule has 7 heteroatoms. The highest BCUT2D eigenvalue weighted by molar-refractivity contribution is 5.99. The van der Waals surface area contributed by atoms with E-state index >= 15 is 0 Å². The average Bonchev–Trinajstić information content (AvgIpc) is 2.84. The third kappa shape index (κ3) is 2.75. The number of nitrogens with zero attached hydrogens (tertiary/aromatic N) is 3. The molecule has 2 aromatic rings.